The fourth-order valence-electron chi connectivity index (χ4n) is 1.97. The number of amides is 2. The predicted octanol–water partition coefficient (Wildman–Crippen LogP) is 1.26. The summed E-state index contributed by atoms with van der Waals surface area (Å²) in [6, 6.07) is 7.12. The number of nitrogens with one attached hydrogen (secondary N) is 2. The van der Waals surface area contributed by atoms with Gasteiger partial charge in [0.15, 0.2) is 5.17 Å². The summed E-state index contributed by atoms with van der Waals surface area (Å²) in [4.78, 5) is 28.2. The van der Waals surface area contributed by atoms with E-state index in [1.54, 1.807) is 25.3 Å². The summed E-state index contributed by atoms with van der Waals surface area (Å²) in [6.07, 6.45) is 0.0673. The molecule has 1 fully saturated rings. The molecular formula is C15H19N3O4S. The molecule has 1 aromatic carbocycles. The number of anilines is 1. The molecule has 0 aromatic heterocycles. The smallest absolute Gasteiger partial charge is 0.240 e. The minimum Gasteiger partial charge on any atom is -0.495 e. The van der Waals surface area contributed by atoms with Crippen molar-refractivity contribution in [3.8, 4) is 5.75 Å². The second-order valence-electron chi connectivity index (χ2n) is 4.73. The van der Waals surface area contributed by atoms with Gasteiger partial charge in [-0.2, -0.15) is 0 Å². The van der Waals surface area contributed by atoms with E-state index < -0.39 is 5.25 Å². The molecular weight excluding hydrogens is 318 g/mol. The third-order valence-corrected chi connectivity index (χ3v) is 4.20. The molecule has 8 heteroatoms. The van der Waals surface area contributed by atoms with Crippen LogP contribution >= 0.6 is 11.8 Å². The highest BCUT2D eigenvalue weighted by molar-refractivity contribution is 8.15. The lowest BCUT2D eigenvalue weighted by molar-refractivity contribution is -0.122. The molecule has 2 N–H and O–H groups in total. The largest absolute Gasteiger partial charge is 0.495 e. The number of hydrogen-bond acceptors (Lipinski definition) is 6. The number of methoxy groups -OCH3 is 2. The number of para-hydroxylation sites is 2. The van der Waals surface area contributed by atoms with Gasteiger partial charge >= 0.3 is 0 Å². The second kappa shape index (κ2) is 8.54. The maximum atomic E-state index is 12.1. The van der Waals surface area contributed by atoms with Crippen molar-refractivity contribution in [1.29, 1.82) is 0 Å². The van der Waals surface area contributed by atoms with Crippen LogP contribution < -0.4 is 15.4 Å². The molecule has 1 aromatic rings. The van der Waals surface area contributed by atoms with Crippen LogP contribution in [-0.4, -0.2) is 49.6 Å². The number of benzene rings is 1. The topological polar surface area (TPSA) is 89.0 Å². The first-order valence-corrected chi connectivity index (χ1v) is 7.95. The standard InChI is InChI=1S/C15H19N3O4S/c1-21-8-7-16-15-18-14(20)12(23-15)9-13(19)17-10-5-3-4-6-11(10)22-2/h3-6,12H,7-9H2,1-2H3,(H,17,19)(H,16,18,20). The highest BCUT2D eigenvalue weighted by Crippen LogP contribution is 2.26. The molecule has 1 unspecified atom stereocenters. The molecule has 1 heterocycles. The zero-order valence-corrected chi connectivity index (χ0v) is 13.8. The Hall–Kier alpha value is -2.06. The molecule has 0 aliphatic carbocycles. The molecule has 1 aliphatic rings. The number of nitrogens with zero attached hydrogens (tertiary/aromatic N) is 1. The van der Waals surface area contributed by atoms with Crippen LogP contribution in [0.4, 0.5) is 5.69 Å². The number of ether oxygens (including phenoxy) is 2. The highest BCUT2D eigenvalue weighted by atomic mass is 32.2. The average molecular weight is 337 g/mol. The van der Waals surface area contributed by atoms with Crippen molar-refractivity contribution < 1.29 is 19.1 Å². The number of carbonyl (C=O) groups is 2. The lowest BCUT2D eigenvalue weighted by Crippen LogP contribution is -2.28. The number of aliphatic imine (C=N–C) groups is 1. The fourth-order valence-corrected chi connectivity index (χ4v) is 2.97. The summed E-state index contributed by atoms with van der Waals surface area (Å²) >= 11 is 1.26. The summed E-state index contributed by atoms with van der Waals surface area (Å²) in [5.41, 5.74) is 0.581. The van der Waals surface area contributed by atoms with Crippen LogP contribution in [0.2, 0.25) is 0 Å². The number of amidine groups is 1. The number of thioether (sulfide) groups is 1. The number of hydrogen-bond donors (Lipinski definition) is 2. The van der Waals surface area contributed by atoms with Crippen molar-refractivity contribution in [2.45, 2.75) is 11.7 Å². The molecule has 7 nitrogen and oxygen atoms in total. The van der Waals surface area contributed by atoms with Gasteiger partial charge in [0.05, 0.1) is 25.9 Å². The van der Waals surface area contributed by atoms with E-state index in [-0.39, 0.29) is 18.2 Å². The predicted molar refractivity (Wildman–Crippen MR) is 89.9 cm³/mol. The zero-order valence-electron chi connectivity index (χ0n) is 13.0. The Labute approximate surface area is 138 Å². The Kier molecular flexibility index (Phi) is 6.42. The summed E-state index contributed by atoms with van der Waals surface area (Å²) in [5.74, 6) is 0.118. The SMILES string of the molecule is COCCN=C1NC(=O)C(CC(=O)Nc2ccccc2OC)S1. The van der Waals surface area contributed by atoms with Gasteiger partial charge in [0.2, 0.25) is 11.8 Å². The molecule has 0 saturated carbocycles. The first kappa shape index (κ1) is 17.3. The van der Waals surface area contributed by atoms with Gasteiger partial charge in [-0.3, -0.25) is 14.6 Å². The molecule has 2 rings (SSSR count). The van der Waals surface area contributed by atoms with E-state index >= 15 is 0 Å². The fraction of sp³-hybridized carbons (Fsp3) is 0.400. The van der Waals surface area contributed by atoms with Crippen molar-refractivity contribution in [2.24, 2.45) is 4.99 Å². The van der Waals surface area contributed by atoms with Gasteiger partial charge in [-0.25, -0.2) is 0 Å². The van der Waals surface area contributed by atoms with E-state index in [0.717, 1.165) is 0 Å². The van der Waals surface area contributed by atoms with Gasteiger partial charge in [0, 0.05) is 13.5 Å². The first-order valence-electron chi connectivity index (χ1n) is 7.08. The molecule has 23 heavy (non-hydrogen) atoms. The Balaban J connectivity index is 1.90. The van der Waals surface area contributed by atoms with Crippen LogP contribution in [0, 0.1) is 0 Å². The monoisotopic (exact) mass is 337 g/mol. The highest BCUT2D eigenvalue weighted by Gasteiger charge is 2.32. The Bertz CT molecular complexity index is 606. The van der Waals surface area contributed by atoms with E-state index in [2.05, 4.69) is 15.6 Å². The molecule has 1 atom stereocenters. The van der Waals surface area contributed by atoms with Crippen molar-refractivity contribution >= 4 is 34.4 Å². The van der Waals surface area contributed by atoms with Crippen LogP contribution in [0.15, 0.2) is 29.3 Å². The van der Waals surface area contributed by atoms with Gasteiger partial charge in [0.1, 0.15) is 11.0 Å². The summed E-state index contributed by atoms with van der Waals surface area (Å²) in [6.45, 7) is 0.956. The molecule has 2 amide bonds. The number of rotatable bonds is 7. The van der Waals surface area contributed by atoms with Gasteiger partial charge in [-0.05, 0) is 12.1 Å². The van der Waals surface area contributed by atoms with Crippen molar-refractivity contribution in [3.05, 3.63) is 24.3 Å². The third-order valence-electron chi connectivity index (χ3n) is 3.08. The van der Waals surface area contributed by atoms with Crippen molar-refractivity contribution in [3.63, 3.8) is 0 Å². The van der Waals surface area contributed by atoms with Gasteiger partial charge in [-0.15, -0.1) is 0 Å². The van der Waals surface area contributed by atoms with Crippen LogP contribution in [-0.2, 0) is 14.3 Å². The molecule has 124 valence electrons. The maximum absolute atomic E-state index is 12.1. The summed E-state index contributed by atoms with van der Waals surface area (Å²) in [7, 11) is 3.12. The van der Waals surface area contributed by atoms with E-state index in [1.165, 1.54) is 18.9 Å². The molecule has 0 spiro atoms. The third kappa shape index (κ3) is 4.97. The lowest BCUT2D eigenvalue weighted by atomic mass is 10.2. The molecule has 0 radical (unpaired) electrons. The minimum atomic E-state index is -0.481. The quantitative estimate of drug-likeness (QED) is 0.731. The Morgan fingerprint density at radius 2 is 2.17 bits per heavy atom. The van der Waals surface area contributed by atoms with Crippen LogP contribution in [0.1, 0.15) is 6.42 Å². The molecule has 0 bridgehead atoms. The van der Waals surface area contributed by atoms with Gasteiger partial charge in [-0.1, -0.05) is 23.9 Å². The molecule has 1 saturated heterocycles. The van der Waals surface area contributed by atoms with Crippen molar-refractivity contribution in [2.75, 3.05) is 32.7 Å². The van der Waals surface area contributed by atoms with Crippen LogP contribution in [0.25, 0.3) is 0 Å². The van der Waals surface area contributed by atoms with E-state index in [9.17, 15) is 9.59 Å². The van der Waals surface area contributed by atoms with E-state index in [0.29, 0.717) is 29.8 Å². The van der Waals surface area contributed by atoms with E-state index in [1.807, 2.05) is 6.07 Å². The van der Waals surface area contributed by atoms with Gasteiger partial charge < -0.3 is 20.1 Å². The zero-order chi connectivity index (χ0) is 16.7. The Morgan fingerprint density at radius 1 is 1.39 bits per heavy atom. The van der Waals surface area contributed by atoms with Crippen molar-refractivity contribution in [1.82, 2.24) is 5.32 Å². The van der Waals surface area contributed by atoms with E-state index in [4.69, 9.17) is 9.47 Å². The minimum absolute atomic E-state index is 0.0673. The lowest BCUT2D eigenvalue weighted by Gasteiger charge is -2.10. The maximum Gasteiger partial charge on any atom is 0.240 e. The van der Waals surface area contributed by atoms with Crippen LogP contribution in [0.5, 0.6) is 5.75 Å². The summed E-state index contributed by atoms with van der Waals surface area (Å²) in [5, 5.41) is 5.48. The Morgan fingerprint density at radius 3 is 2.91 bits per heavy atom. The second-order valence-corrected chi connectivity index (χ2v) is 5.92. The normalized spacial score (nSPS) is 18.8. The number of carbonyl (C=O) groups excluding carboxylic acids is 2. The van der Waals surface area contributed by atoms with Gasteiger partial charge in [0.25, 0.3) is 0 Å². The van der Waals surface area contributed by atoms with Crippen LogP contribution in [0.3, 0.4) is 0 Å². The summed E-state index contributed by atoms with van der Waals surface area (Å²) < 4.78 is 10.1. The average Bonchev–Trinajstić information content (AvgIpc) is 2.88. The first-order chi connectivity index (χ1) is 11.1. The molecule has 1 aliphatic heterocycles.